The number of aryl methyl sites for hydroxylation is 2. The number of carbonyl (C=O) groups excluding carboxylic acids is 1. The van der Waals surface area contributed by atoms with Crippen molar-refractivity contribution in [3.8, 4) is 0 Å². The topological polar surface area (TPSA) is 66.4 Å². The van der Waals surface area contributed by atoms with Crippen LogP contribution in [-0.2, 0) is 0 Å². The molecule has 1 amide bonds. The van der Waals surface area contributed by atoms with E-state index in [9.17, 15) is 4.79 Å². The second-order valence-corrected chi connectivity index (χ2v) is 9.90. The molecule has 0 radical (unpaired) electrons. The van der Waals surface area contributed by atoms with Crippen molar-refractivity contribution in [2.24, 2.45) is 10.9 Å². The standard InChI is InChI=1S/C24H24N4O.C8H16.C2H6/c1-5-25-21-12-10-19(11-13-21)18(4)27-22-14-23(26-15-17(22)3)28-24(29)20-8-6-16(2)7-9-20;1-8-6-4-2-3-5-7-8;1-2/h5-15,25H,1H2,2-4H3,(H,26,28,29);8H,2-7H2,1H3;1-2H3. The number of pyridine rings is 1. The summed E-state index contributed by atoms with van der Waals surface area (Å²) >= 11 is 0. The molecule has 1 aliphatic rings. The molecule has 0 bridgehead atoms. The van der Waals surface area contributed by atoms with Gasteiger partial charge in [-0.3, -0.25) is 9.79 Å². The van der Waals surface area contributed by atoms with E-state index in [0.717, 1.165) is 39.7 Å². The quantitative estimate of drug-likeness (QED) is 0.248. The van der Waals surface area contributed by atoms with Crippen molar-refractivity contribution in [3.63, 3.8) is 0 Å². The van der Waals surface area contributed by atoms with E-state index in [4.69, 9.17) is 4.99 Å². The van der Waals surface area contributed by atoms with Gasteiger partial charge in [0.2, 0.25) is 0 Å². The van der Waals surface area contributed by atoms with Crippen molar-refractivity contribution >= 4 is 28.8 Å². The van der Waals surface area contributed by atoms with Crippen LogP contribution in [0.1, 0.15) is 93.3 Å². The lowest BCUT2D eigenvalue weighted by atomic mass is 10.0. The zero-order chi connectivity index (χ0) is 28.6. The minimum absolute atomic E-state index is 0.196. The lowest BCUT2D eigenvalue weighted by Crippen LogP contribution is -2.12. The Bertz CT molecular complexity index is 1190. The average Bonchev–Trinajstić information content (AvgIpc) is 3.20. The highest BCUT2D eigenvalue weighted by Crippen LogP contribution is 2.23. The number of aliphatic imine (C=N–C) groups is 1. The molecule has 0 spiro atoms. The number of anilines is 2. The summed E-state index contributed by atoms with van der Waals surface area (Å²) in [6.45, 7) is 15.9. The molecule has 4 rings (SSSR count). The molecule has 0 saturated heterocycles. The van der Waals surface area contributed by atoms with Gasteiger partial charge in [-0.1, -0.05) is 95.7 Å². The van der Waals surface area contributed by atoms with Crippen molar-refractivity contribution in [3.05, 3.63) is 95.8 Å². The summed E-state index contributed by atoms with van der Waals surface area (Å²) in [5.41, 5.74) is 6.26. The van der Waals surface area contributed by atoms with Gasteiger partial charge in [-0.25, -0.2) is 4.98 Å². The largest absolute Gasteiger partial charge is 0.362 e. The predicted molar refractivity (Wildman–Crippen MR) is 168 cm³/mol. The van der Waals surface area contributed by atoms with Crippen LogP contribution in [-0.4, -0.2) is 16.6 Å². The SMILES string of the molecule is C=CNc1ccc(C(C)=Nc2cc(NC(=O)c3ccc(C)cc3)ncc2C)cc1.CC.CC1CCCCCC1. The molecular weight excluding hydrogens is 480 g/mol. The number of hydrogen-bond donors (Lipinski definition) is 2. The molecule has 1 fully saturated rings. The number of hydrogen-bond acceptors (Lipinski definition) is 4. The van der Waals surface area contributed by atoms with Crippen LogP contribution in [0.15, 0.2) is 78.6 Å². The van der Waals surface area contributed by atoms with Crippen LogP contribution in [0.2, 0.25) is 0 Å². The van der Waals surface area contributed by atoms with Gasteiger partial charge in [0.25, 0.3) is 5.91 Å². The number of nitrogens with one attached hydrogen (secondary N) is 2. The number of benzene rings is 2. The molecule has 2 N–H and O–H groups in total. The number of nitrogens with zero attached hydrogens (tertiary/aromatic N) is 2. The Balaban J connectivity index is 0.000000451. The van der Waals surface area contributed by atoms with Crippen molar-refractivity contribution in [2.75, 3.05) is 10.6 Å². The Morgan fingerprint density at radius 1 is 0.949 bits per heavy atom. The highest BCUT2D eigenvalue weighted by atomic mass is 16.1. The van der Waals surface area contributed by atoms with E-state index in [-0.39, 0.29) is 5.91 Å². The van der Waals surface area contributed by atoms with Gasteiger partial charge in [-0.05, 0) is 68.3 Å². The van der Waals surface area contributed by atoms with Gasteiger partial charge in [0.15, 0.2) is 0 Å². The normalized spacial score (nSPS) is 13.5. The summed E-state index contributed by atoms with van der Waals surface area (Å²) in [4.78, 5) is 21.5. The molecule has 3 aromatic rings. The summed E-state index contributed by atoms with van der Waals surface area (Å²) in [5.74, 6) is 1.30. The predicted octanol–water partition coefficient (Wildman–Crippen LogP) is 9.65. The molecular formula is C34H46N4O. The minimum atomic E-state index is -0.196. The van der Waals surface area contributed by atoms with Gasteiger partial charge in [0.1, 0.15) is 5.82 Å². The third-order valence-corrected chi connectivity index (χ3v) is 6.63. The van der Waals surface area contributed by atoms with Crippen LogP contribution in [0.5, 0.6) is 0 Å². The molecule has 208 valence electrons. The summed E-state index contributed by atoms with van der Waals surface area (Å²) in [5, 5.41) is 5.89. The van der Waals surface area contributed by atoms with Crippen molar-refractivity contribution in [2.45, 2.75) is 80.1 Å². The fraction of sp³-hybridized carbons (Fsp3) is 0.382. The first-order chi connectivity index (χ1) is 18.9. The molecule has 5 nitrogen and oxygen atoms in total. The van der Waals surface area contributed by atoms with Crippen molar-refractivity contribution < 1.29 is 4.79 Å². The van der Waals surface area contributed by atoms with Gasteiger partial charge < -0.3 is 10.6 Å². The van der Waals surface area contributed by atoms with E-state index in [1.54, 1.807) is 30.6 Å². The molecule has 1 aliphatic carbocycles. The molecule has 2 aromatic carbocycles. The zero-order valence-electron chi connectivity index (χ0n) is 24.7. The first kappa shape index (κ1) is 31.5. The number of rotatable bonds is 6. The first-order valence-corrected chi connectivity index (χ1v) is 14.2. The molecule has 0 unspecified atom stereocenters. The monoisotopic (exact) mass is 526 g/mol. The lowest BCUT2D eigenvalue weighted by Gasteiger charge is -2.09. The van der Waals surface area contributed by atoms with Crippen LogP contribution in [0.25, 0.3) is 0 Å². The molecule has 1 heterocycles. The first-order valence-electron chi connectivity index (χ1n) is 14.2. The molecule has 1 saturated carbocycles. The van der Waals surface area contributed by atoms with Crippen LogP contribution < -0.4 is 10.6 Å². The van der Waals surface area contributed by atoms with E-state index in [1.165, 1.54) is 38.5 Å². The molecule has 0 atom stereocenters. The zero-order valence-corrected chi connectivity index (χ0v) is 24.7. The van der Waals surface area contributed by atoms with Gasteiger partial charge >= 0.3 is 0 Å². The van der Waals surface area contributed by atoms with E-state index in [2.05, 4.69) is 29.1 Å². The fourth-order valence-electron chi connectivity index (χ4n) is 4.25. The Morgan fingerprint density at radius 2 is 1.54 bits per heavy atom. The minimum Gasteiger partial charge on any atom is -0.362 e. The van der Waals surface area contributed by atoms with E-state index < -0.39 is 0 Å². The Morgan fingerprint density at radius 3 is 2.13 bits per heavy atom. The van der Waals surface area contributed by atoms with Gasteiger partial charge in [-0.2, -0.15) is 0 Å². The van der Waals surface area contributed by atoms with Crippen molar-refractivity contribution in [1.29, 1.82) is 0 Å². The highest BCUT2D eigenvalue weighted by Gasteiger charge is 2.09. The highest BCUT2D eigenvalue weighted by molar-refractivity contribution is 6.04. The maximum absolute atomic E-state index is 12.5. The van der Waals surface area contributed by atoms with Crippen LogP contribution >= 0.6 is 0 Å². The molecule has 0 aliphatic heterocycles. The van der Waals surface area contributed by atoms with E-state index >= 15 is 0 Å². The van der Waals surface area contributed by atoms with Gasteiger partial charge in [0, 0.05) is 29.2 Å². The average molecular weight is 527 g/mol. The molecule has 1 aromatic heterocycles. The third-order valence-electron chi connectivity index (χ3n) is 6.63. The maximum Gasteiger partial charge on any atom is 0.256 e. The fourth-order valence-corrected chi connectivity index (χ4v) is 4.25. The van der Waals surface area contributed by atoms with E-state index in [0.29, 0.717) is 11.4 Å². The Kier molecular flexibility index (Phi) is 13.7. The second-order valence-electron chi connectivity index (χ2n) is 9.90. The Labute approximate surface area is 235 Å². The number of aromatic nitrogens is 1. The second kappa shape index (κ2) is 17.0. The van der Waals surface area contributed by atoms with Crippen LogP contribution in [0.3, 0.4) is 0 Å². The summed E-state index contributed by atoms with van der Waals surface area (Å²) in [6.07, 6.45) is 12.3. The molecule has 39 heavy (non-hydrogen) atoms. The smallest absolute Gasteiger partial charge is 0.256 e. The summed E-state index contributed by atoms with van der Waals surface area (Å²) in [7, 11) is 0. The Hall–Kier alpha value is -3.73. The van der Waals surface area contributed by atoms with Gasteiger partial charge in [0.05, 0.1) is 5.69 Å². The van der Waals surface area contributed by atoms with Crippen molar-refractivity contribution in [1.82, 2.24) is 4.98 Å². The third kappa shape index (κ3) is 10.9. The van der Waals surface area contributed by atoms with Gasteiger partial charge in [-0.15, -0.1) is 0 Å². The lowest BCUT2D eigenvalue weighted by molar-refractivity contribution is 0.102. The number of amides is 1. The van der Waals surface area contributed by atoms with Crippen LogP contribution in [0.4, 0.5) is 17.2 Å². The number of carbonyl (C=O) groups is 1. The maximum atomic E-state index is 12.5. The summed E-state index contributed by atoms with van der Waals surface area (Å²) in [6, 6.07) is 17.2. The van der Waals surface area contributed by atoms with E-state index in [1.807, 2.05) is 71.0 Å². The molecule has 5 heteroatoms. The summed E-state index contributed by atoms with van der Waals surface area (Å²) < 4.78 is 0. The van der Waals surface area contributed by atoms with Crippen LogP contribution in [0, 0.1) is 19.8 Å².